The first-order valence-corrected chi connectivity index (χ1v) is 10.5. The Morgan fingerprint density at radius 3 is 2.43 bits per heavy atom. The number of urea groups is 1. The maximum absolute atomic E-state index is 13.2. The molecule has 1 aromatic rings. The number of carbonyl (C=O) groups is 2. The number of amides is 3. The Morgan fingerprint density at radius 1 is 1.17 bits per heavy atom. The van der Waals surface area contributed by atoms with Crippen molar-refractivity contribution < 1.29 is 22.8 Å². The highest BCUT2D eigenvalue weighted by atomic mass is 19.4. The lowest BCUT2D eigenvalue weighted by atomic mass is 9.88. The summed E-state index contributed by atoms with van der Waals surface area (Å²) in [5.74, 6) is 0.192. The number of alkyl halides is 3. The van der Waals surface area contributed by atoms with Crippen LogP contribution in [0.3, 0.4) is 0 Å². The molecule has 4 heterocycles. The molecule has 11 heteroatoms. The van der Waals surface area contributed by atoms with E-state index in [2.05, 4.69) is 15.4 Å². The van der Waals surface area contributed by atoms with Gasteiger partial charge in [0.25, 0.3) is 0 Å². The van der Waals surface area contributed by atoms with Crippen LogP contribution in [0.4, 0.5) is 18.0 Å². The van der Waals surface area contributed by atoms with Crippen molar-refractivity contribution in [3.05, 3.63) is 12.2 Å². The van der Waals surface area contributed by atoms with Crippen molar-refractivity contribution in [1.29, 1.82) is 0 Å². The van der Waals surface area contributed by atoms with Gasteiger partial charge >= 0.3 is 12.2 Å². The maximum atomic E-state index is 13.2. The average Bonchev–Trinajstić information content (AvgIpc) is 3.22. The van der Waals surface area contributed by atoms with E-state index < -0.39 is 11.6 Å². The van der Waals surface area contributed by atoms with Crippen molar-refractivity contribution in [2.45, 2.75) is 62.2 Å². The van der Waals surface area contributed by atoms with E-state index in [9.17, 15) is 22.8 Å². The van der Waals surface area contributed by atoms with Crippen molar-refractivity contribution in [2.24, 2.45) is 5.92 Å². The molecular weight excluding hydrogens is 401 g/mol. The van der Waals surface area contributed by atoms with E-state index in [1.165, 1.54) is 11.0 Å². The molecule has 0 radical (unpaired) electrons. The van der Waals surface area contributed by atoms with Crippen LogP contribution in [0.5, 0.6) is 0 Å². The minimum atomic E-state index is -4.30. The first kappa shape index (κ1) is 19.6. The van der Waals surface area contributed by atoms with E-state index in [1.807, 2.05) is 4.90 Å². The van der Waals surface area contributed by atoms with Crippen LogP contribution in [-0.2, 0) is 16.8 Å². The van der Waals surface area contributed by atoms with Gasteiger partial charge in [-0.2, -0.15) is 18.3 Å². The number of likely N-dealkylation sites (tertiary alicyclic amines) is 2. The summed E-state index contributed by atoms with van der Waals surface area (Å²) in [4.78, 5) is 31.7. The highest BCUT2D eigenvalue weighted by Crippen LogP contribution is 2.57. The molecule has 4 aliphatic rings. The molecule has 0 bridgehead atoms. The first-order chi connectivity index (χ1) is 14.2. The van der Waals surface area contributed by atoms with Crippen LogP contribution in [0.15, 0.2) is 6.33 Å². The van der Waals surface area contributed by atoms with Crippen LogP contribution in [0.25, 0.3) is 0 Å². The molecule has 8 nitrogen and oxygen atoms in total. The lowest BCUT2D eigenvalue weighted by Crippen LogP contribution is -2.70. The molecule has 0 atom stereocenters. The third-order valence-electron chi connectivity index (χ3n) is 7.08. The minimum Gasteiger partial charge on any atom is -0.347 e. The summed E-state index contributed by atoms with van der Waals surface area (Å²) in [5.41, 5.74) is -2.06. The van der Waals surface area contributed by atoms with Crippen molar-refractivity contribution >= 4 is 11.9 Å². The SMILES string of the molecule is O=C1CCC2(CN(C(=O)N3CCC(Cn4cnc(C5(C(F)(F)F)CC5)n4)CC3)C2)N1. The van der Waals surface area contributed by atoms with Crippen LogP contribution in [0.2, 0.25) is 0 Å². The summed E-state index contributed by atoms with van der Waals surface area (Å²) in [5, 5.41) is 7.10. The molecule has 5 rings (SSSR count). The molecule has 1 spiro atoms. The van der Waals surface area contributed by atoms with E-state index in [-0.39, 0.29) is 42.1 Å². The van der Waals surface area contributed by atoms with Crippen molar-refractivity contribution in [3.8, 4) is 0 Å². The fourth-order valence-corrected chi connectivity index (χ4v) is 4.96. The third kappa shape index (κ3) is 3.22. The van der Waals surface area contributed by atoms with E-state index >= 15 is 0 Å². The lowest BCUT2D eigenvalue weighted by Gasteiger charge is -2.49. The van der Waals surface area contributed by atoms with Crippen LogP contribution in [0.1, 0.15) is 44.3 Å². The zero-order valence-electron chi connectivity index (χ0n) is 16.6. The largest absolute Gasteiger partial charge is 0.401 e. The van der Waals surface area contributed by atoms with Gasteiger partial charge in [-0.05, 0) is 38.0 Å². The number of carbonyl (C=O) groups excluding carboxylic acids is 2. The Bertz CT molecular complexity index is 851. The smallest absolute Gasteiger partial charge is 0.347 e. The molecule has 1 N–H and O–H groups in total. The van der Waals surface area contributed by atoms with Gasteiger partial charge < -0.3 is 15.1 Å². The lowest BCUT2D eigenvalue weighted by molar-refractivity contribution is -0.162. The highest BCUT2D eigenvalue weighted by Gasteiger charge is 2.66. The molecule has 3 aliphatic heterocycles. The number of piperidine rings is 1. The average molecular weight is 426 g/mol. The number of hydrogen-bond donors (Lipinski definition) is 1. The number of rotatable bonds is 3. The normalized spacial score (nSPS) is 25.4. The number of nitrogens with zero attached hydrogens (tertiary/aromatic N) is 5. The minimum absolute atomic E-state index is 0.00381. The van der Waals surface area contributed by atoms with Gasteiger partial charge in [0.05, 0.1) is 5.54 Å². The van der Waals surface area contributed by atoms with E-state index in [4.69, 9.17) is 0 Å². The predicted molar refractivity (Wildman–Crippen MR) is 98.4 cm³/mol. The van der Waals surface area contributed by atoms with Crippen molar-refractivity contribution in [1.82, 2.24) is 29.9 Å². The van der Waals surface area contributed by atoms with Gasteiger partial charge in [-0.1, -0.05) is 0 Å². The summed E-state index contributed by atoms with van der Waals surface area (Å²) in [6, 6.07) is 0.00381. The van der Waals surface area contributed by atoms with Gasteiger partial charge in [-0.25, -0.2) is 9.78 Å². The zero-order chi connectivity index (χ0) is 21.1. The van der Waals surface area contributed by atoms with Crippen LogP contribution >= 0.6 is 0 Å². The van der Waals surface area contributed by atoms with E-state index in [1.54, 1.807) is 4.90 Å². The van der Waals surface area contributed by atoms with Crippen molar-refractivity contribution in [2.75, 3.05) is 26.2 Å². The first-order valence-electron chi connectivity index (χ1n) is 10.5. The molecule has 0 unspecified atom stereocenters. The molecule has 164 valence electrons. The summed E-state index contributed by atoms with van der Waals surface area (Å²) in [7, 11) is 0. The van der Waals surface area contributed by atoms with Crippen LogP contribution < -0.4 is 5.32 Å². The molecule has 30 heavy (non-hydrogen) atoms. The monoisotopic (exact) mass is 426 g/mol. The summed E-state index contributed by atoms with van der Waals surface area (Å²) in [6.07, 6.45) is 0.0809. The summed E-state index contributed by atoms with van der Waals surface area (Å²) < 4.78 is 41.2. The molecular formula is C19H25F3N6O2. The maximum Gasteiger partial charge on any atom is 0.401 e. The molecule has 1 aromatic heterocycles. The fraction of sp³-hybridized carbons (Fsp3) is 0.789. The molecule has 3 amide bonds. The fourth-order valence-electron chi connectivity index (χ4n) is 4.96. The van der Waals surface area contributed by atoms with Crippen molar-refractivity contribution in [3.63, 3.8) is 0 Å². The number of nitrogens with one attached hydrogen (secondary N) is 1. The van der Waals surface area contributed by atoms with Crippen LogP contribution in [-0.4, -0.2) is 74.4 Å². The molecule has 1 saturated carbocycles. The molecule has 4 fully saturated rings. The highest BCUT2D eigenvalue weighted by molar-refractivity contribution is 5.82. The molecule has 1 aliphatic carbocycles. The number of aromatic nitrogens is 3. The topological polar surface area (TPSA) is 83.4 Å². The van der Waals surface area contributed by atoms with Crippen LogP contribution in [0, 0.1) is 5.92 Å². The third-order valence-corrected chi connectivity index (χ3v) is 7.08. The Hall–Kier alpha value is -2.33. The quantitative estimate of drug-likeness (QED) is 0.797. The number of halogens is 3. The predicted octanol–water partition coefficient (Wildman–Crippen LogP) is 1.67. The summed E-state index contributed by atoms with van der Waals surface area (Å²) >= 11 is 0. The Kier molecular flexibility index (Phi) is 4.31. The Balaban J connectivity index is 1.11. The van der Waals surface area contributed by atoms with Gasteiger partial charge in [-0.15, -0.1) is 0 Å². The van der Waals surface area contributed by atoms with Gasteiger partial charge in [0, 0.05) is 39.1 Å². The second-order valence-electron chi connectivity index (χ2n) is 9.27. The number of hydrogen-bond acceptors (Lipinski definition) is 4. The zero-order valence-corrected chi connectivity index (χ0v) is 16.6. The van der Waals surface area contributed by atoms with E-state index in [0.717, 1.165) is 19.3 Å². The molecule has 3 saturated heterocycles. The second kappa shape index (κ2) is 6.58. The standard InChI is InChI=1S/C19H25F3N6O2/c20-19(21,22)18(5-6-18)15-23-12-28(25-15)9-13-2-7-26(8-3-13)16(30)27-10-17(11-27)4-1-14(29)24-17/h12-13H,1-11H2,(H,24,29). The summed E-state index contributed by atoms with van der Waals surface area (Å²) in [6.45, 7) is 2.89. The van der Waals surface area contributed by atoms with Gasteiger partial charge in [-0.3, -0.25) is 9.48 Å². The Morgan fingerprint density at radius 2 is 1.87 bits per heavy atom. The second-order valence-corrected chi connectivity index (χ2v) is 9.27. The van der Waals surface area contributed by atoms with Gasteiger partial charge in [0.1, 0.15) is 11.7 Å². The molecule has 0 aromatic carbocycles. The Labute approximate surface area is 171 Å². The van der Waals surface area contributed by atoms with Gasteiger partial charge in [0.15, 0.2) is 5.82 Å². The van der Waals surface area contributed by atoms with Gasteiger partial charge in [0.2, 0.25) is 5.91 Å². The van der Waals surface area contributed by atoms with E-state index in [0.29, 0.717) is 39.1 Å².